The number of carbonyl (C=O) groups excluding carboxylic acids is 2. The summed E-state index contributed by atoms with van der Waals surface area (Å²) in [4.78, 5) is 31.8. The predicted molar refractivity (Wildman–Crippen MR) is 143 cm³/mol. The summed E-state index contributed by atoms with van der Waals surface area (Å²) in [5.74, 6) is -0.916. The lowest BCUT2D eigenvalue weighted by atomic mass is 9.93. The number of benzene rings is 4. The van der Waals surface area contributed by atoms with Crippen LogP contribution in [0.4, 0.5) is 18.9 Å². The molecule has 0 spiro atoms. The number of aromatic amines is 1. The van der Waals surface area contributed by atoms with Crippen LogP contribution >= 0.6 is 0 Å². The third-order valence-corrected chi connectivity index (χ3v) is 6.93. The lowest BCUT2D eigenvalue weighted by molar-refractivity contribution is -0.137. The van der Waals surface area contributed by atoms with Gasteiger partial charge < -0.3 is 15.2 Å². The predicted octanol–water partition coefficient (Wildman–Crippen LogP) is 7.04. The van der Waals surface area contributed by atoms with Gasteiger partial charge in [-0.1, -0.05) is 72.8 Å². The minimum absolute atomic E-state index is 0.00704. The summed E-state index contributed by atoms with van der Waals surface area (Å²) in [6, 6.07) is 28.6. The first-order chi connectivity index (χ1) is 18.8. The zero-order valence-corrected chi connectivity index (χ0v) is 20.5. The summed E-state index contributed by atoms with van der Waals surface area (Å²) in [5.41, 5.74) is 3.87. The van der Waals surface area contributed by atoms with Gasteiger partial charge in [-0.25, -0.2) is 0 Å². The van der Waals surface area contributed by atoms with Crippen LogP contribution in [-0.4, -0.2) is 28.2 Å². The van der Waals surface area contributed by atoms with Gasteiger partial charge in [-0.05, 0) is 41.5 Å². The maximum Gasteiger partial charge on any atom is 0.416 e. The summed E-state index contributed by atoms with van der Waals surface area (Å²) in [7, 11) is 0. The first-order valence-corrected chi connectivity index (χ1v) is 12.3. The smallest absolute Gasteiger partial charge is 0.354 e. The number of alkyl halides is 3. The van der Waals surface area contributed by atoms with Crippen LogP contribution in [0.2, 0.25) is 0 Å². The van der Waals surface area contributed by atoms with Crippen molar-refractivity contribution < 1.29 is 22.8 Å². The number of aromatic nitrogens is 1. The molecule has 1 atom stereocenters. The van der Waals surface area contributed by atoms with Gasteiger partial charge in [0, 0.05) is 27.7 Å². The molecule has 0 radical (unpaired) electrons. The van der Waals surface area contributed by atoms with E-state index in [9.17, 15) is 22.8 Å². The molecule has 1 aromatic heterocycles. The first-order valence-electron chi connectivity index (χ1n) is 12.3. The van der Waals surface area contributed by atoms with Crippen LogP contribution in [-0.2, 0) is 11.0 Å². The Hall–Kier alpha value is -4.85. The summed E-state index contributed by atoms with van der Waals surface area (Å²) in [5, 5.41) is 3.45. The van der Waals surface area contributed by atoms with Crippen molar-refractivity contribution in [1.82, 2.24) is 9.88 Å². The number of hydrogen-bond acceptors (Lipinski definition) is 2. The van der Waals surface area contributed by atoms with Gasteiger partial charge in [0.2, 0.25) is 5.91 Å². The van der Waals surface area contributed by atoms with Crippen LogP contribution in [0.1, 0.15) is 33.1 Å². The fourth-order valence-corrected chi connectivity index (χ4v) is 5.25. The molecular weight excluding hydrogens is 503 g/mol. The van der Waals surface area contributed by atoms with E-state index in [0.717, 1.165) is 45.4 Å². The summed E-state index contributed by atoms with van der Waals surface area (Å²) in [6.45, 7) is -0.345. The van der Waals surface area contributed by atoms with Crippen molar-refractivity contribution >= 4 is 28.4 Å². The van der Waals surface area contributed by atoms with Crippen molar-refractivity contribution in [2.75, 3.05) is 11.9 Å². The first kappa shape index (κ1) is 24.5. The van der Waals surface area contributed by atoms with Gasteiger partial charge in [0.05, 0.1) is 17.3 Å². The molecule has 8 heteroatoms. The molecule has 1 unspecified atom stereocenters. The summed E-state index contributed by atoms with van der Waals surface area (Å²) >= 11 is 0. The number of hydrogen-bond donors (Lipinski definition) is 2. The van der Waals surface area contributed by atoms with E-state index in [4.69, 9.17) is 0 Å². The van der Waals surface area contributed by atoms with E-state index in [1.165, 1.54) is 17.0 Å². The highest BCUT2D eigenvalue weighted by atomic mass is 19.4. The van der Waals surface area contributed by atoms with Gasteiger partial charge in [0.25, 0.3) is 5.91 Å². The van der Waals surface area contributed by atoms with Crippen LogP contribution in [0.15, 0.2) is 103 Å². The number of amides is 2. The Morgan fingerprint density at radius 1 is 0.872 bits per heavy atom. The van der Waals surface area contributed by atoms with Gasteiger partial charge in [0.15, 0.2) is 0 Å². The highest BCUT2D eigenvalue weighted by Gasteiger charge is 2.41. The van der Waals surface area contributed by atoms with Gasteiger partial charge >= 0.3 is 6.18 Å². The van der Waals surface area contributed by atoms with Crippen molar-refractivity contribution in [3.8, 4) is 11.3 Å². The second-order valence-corrected chi connectivity index (χ2v) is 9.37. The molecule has 0 bridgehead atoms. The van der Waals surface area contributed by atoms with Crippen LogP contribution in [0.3, 0.4) is 0 Å². The monoisotopic (exact) mass is 525 g/mol. The number of carbonyl (C=O) groups is 2. The third-order valence-electron chi connectivity index (χ3n) is 6.93. The van der Waals surface area contributed by atoms with E-state index in [0.29, 0.717) is 5.56 Å². The maximum atomic E-state index is 13.6. The minimum atomic E-state index is -4.54. The van der Waals surface area contributed by atoms with Crippen LogP contribution in [0, 0.1) is 0 Å². The molecule has 2 heterocycles. The number of nitrogens with zero attached hydrogens (tertiary/aromatic N) is 1. The van der Waals surface area contributed by atoms with Gasteiger partial charge in [-0.3, -0.25) is 9.59 Å². The summed E-state index contributed by atoms with van der Waals surface area (Å²) in [6.07, 6.45) is -4.54. The number of para-hydroxylation sites is 1. The highest BCUT2D eigenvalue weighted by Crippen LogP contribution is 2.45. The molecule has 0 fully saturated rings. The van der Waals surface area contributed by atoms with E-state index in [2.05, 4.69) is 10.3 Å². The molecule has 2 amide bonds. The van der Waals surface area contributed by atoms with E-state index in [-0.39, 0.29) is 18.1 Å². The molecule has 0 saturated carbocycles. The fourth-order valence-electron chi connectivity index (χ4n) is 5.25. The molecule has 4 aromatic carbocycles. The second-order valence-electron chi connectivity index (χ2n) is 9.37. The van der Waals surface area contributed by atoms with E-state index in [1.54, 1.807) is 12.1 Å². The van der Waals surface area contributed by atoms with E-state index in [1.807, 2.05) is 66.7 Å². The van der Waals surface area contributed by atoms with E-state index < -0.39 is 23.7 Å². The van der Waals surface area contributed by atoms with E-state index >= 15 is 0 Å². The number of H-pyrrole nitrogens is 1. The number of anilines is 1. The second kappa shape index (κ2) is 9.47. The van der Waals surface area contributed by atoms with Crippen molar-refractivity contribution in [2.24, 2.45) is 0 Å². The molecule has 2 N–H and O–H groups in total. The van der Waals surface area contributed by atoms with Crippen molar-refractivity contribution in [2.45, 2.75) is 12.2 Å². The highest BCUT2D eigenvalue weighted by molar-refractivity contribution is 6.05. The molecule has 0 aliphatic carbocycles. The van der Waals surface area contributed by atoms with Crippen molar-refractivity contribution in [3.05, 3.63) is 125 Å². The Labute approximate surface area is 221 Å². The largest absolute Gasteiger partial charge is 0.416 e. The molecule has 0 saturated heterocycles. The van der Waals surface area contributed by atoms with Gasteiger partial charge in [0.1, 0.15) is 6.54 Å². The normalized spacial score (nSPS) is 15.0. The quantitative estimate of drug-likeness (QED) is 0.259. The zero-order valence-electron chi connectivity index (χ0n) is 20.5. The van der Waals surface area contributed by atoms with Gasteiger partial charge in [-0.2, -0.15) is 13.2 Å². The fraction of sp³-hybridized carbons (Fsp3) is 0.0968. The van der Waals surface area contributed by atoms with Crippen LogP contribution < -0.4 is 5.32 Å². The number of nitrogens with one attached hydrogen (secondary N) is 2. The standard InChI is InChI=1S/C31H22F3N3O2/c32-31(33,34)20-11-8-12-21(17-20)35-26(38)18-37-29(22-13-4-5-14-23(22)30(37)39)27-24-15-6-7-16-25(24)36-28(27)19-9-2-1-3-10-19/h1-17,29,36H,18H2,(H,35,38). The molecule has 1 aliphatic rings. The third kappa shape index (κ3) is 4.44. The zero-order chi connectivity index (χ0) is 27.1. The Kier molecular flexibility index (Phi) is 5.95. The number of halogens is 3. The van der Waals surface area contributed by atoms with Crippen molar-refractivity contribution in [1.29, 1.82) is 0 Å². The molecule has 5 aromatic rings. The average molecular weight is 526 g/mol. The SMILES string of the molecule is O=C(CN1C(=O)c2ccccc2C1c1c(-c2ccccc2)[nH]c2ccccc12)Nc1cccc(C(F)(F)F)c1. The average Bonchev–Trinajstić information content (AvgIpc) is 3.44. The Morgan fingerprint density at radius 2 is 1.59 bits per heavy atom. The Bertz CT molecular complexity index is 1710. The molecule has 194 valence electrons. The molecule has 5 nitrogen and oxygen atoms in total. The summed E-state index contributed by atoms with van der Waals surface area (Å²) < 4.78 is 39.5. The molecule has 1 aliphatic heterocycles. The van der Waals surface area contributed by atoms with Crippen molar-refractivity contribution in [3.63, 3.8) is 0 Å². The maximum absolute atomic E-state index is 13.6. The topological polar surface area (TPSA) is 65.2 Å². The van der Waals surface area contributed by atoms with Gasteiger partial charge in [-0.15, -0.1) is 0 Å². The molecule has 39 heavy (non-hydrogen) atoms. The lowest BCUT2D eigenvalue weighted by Gasteiger charge is -2.26. The van der Waals surface area contributed by atoms with Crippen LogP contribution in [0.5, 0.6) is 0 Å². The van der Waals surface area contributed by atoms with Crippen LogP contribution in [0.25, 0.3) is 22.2 Å². The lowest BCUT2D eigenvalue weighted by Crippen LogP contribution is -2.36. The Balaban J connectivity index is 1.42. The number of fused-ring (bicyclic) bond motifs is 2. The molecule has 6 rings (SSSR count). The number of rotatable bonds is 5. The minimum Gasteiger partial charge on any atom is -0.354 e. The molecular formula is C31H22F3N3O2. The Morgan fingerprint density at radius 3 is 2.38 bits per heavy atom.